The Morgan fingerprint density at radius 1 is 0.906 bits per heavy atom. The fourth-order valence-corrected chi connectivity index (χ4v) is 3.07. The summed E-state index contributed by atoms with van der Waals surface area (Å²) in [4.78, 5) is 24.1. The predicted octanol–water partition coefficient (Wildman–Crippen LogP) is 3.14. The molecule has 0 atom stereocenters. The zero-order valence-corrected chi connectivity index (χ0v) is 16.9. The van der Waals surface area contributed by atoms with Crippen LogP contribution in [0.3, 0.4) is 0 Å². The highest BCUT2D eigenvalue weighted by Gasteiger charge is 2.13. The molecular weight excluding hydrogens is 408 g/mol. The van der Waals surface area contributed by atoms with Crippen LogP contribution in [-0.2, 0) is 16.0 Å². The molecule has 0 aliphatic carbocycles. The van der Waals surface area contributed by atoms with E-state index in [1.165, 1.54) is 0 Å². The average molecular weight is 426 g/mol. The molecule has 8 nitrogen and oxygen atoms in total. The number of benzene rings is 3. The topological polar surface area (TPSA) is 117 Å². The summed E-state index contributed by atoms with van der Waals surface area (Å²) in [5.41, 5.74) is 8.26. The van der Waals surface area contributed by atoms with Crippen LogP contribution in [0.5, 0.6) is 5.75 Å². The van der Waals surface area contributed by atoms with Crippen LogP contribution in [0.1, 0.15) is 11.3 Å². The van der Waals surface area contributed by atoms with E-state index < -0.39 is 11.8 Å². The molecule has 4 aromatic rings. The maximum atomic E-state index is 12.1. The van der Waals surface area contributed by atoms with Gasteiger partial charge in [0.1, 0.15) is 11.4 Å². The van der Waals surface area contributed by atoms with Crippen molar-refractivity contribution in [2.24, 2.45) is 0 Å². The van der Waals surface area contributed by atoms with Crippen LogP contribution >= 0.6 is 0 Å². The van der Waals surface area contributed by atoms with Crippen molar-refractivity contribution >= 4 is 22.8 Å². The van der Waals surface area contributed by atoms with Crippen LogP contribution in [0.15, 0.2) is 77.3 Å². The van der Waals surface area contributed by atoms with Crippen molar-refractivity contribution in [1.29, 1.82) is 5.26 Å². The van der Waals surface area contributed by atoms with Gasteiger partial charge < -0.3 is 9.26 Å². The molecule has 0 bridgehead atoms. The Balaban J connectivity index is 1.24. The highest BCUT2D eigenvalue weighted by molar-refractivity contribution is 5.87. The second-order valence-electron chi connectivity index (χ2n) is 6.90. The first-order valence-electron chi connectivity index (χ1n) is 9.77. The van der Waals surface area contributed by atoms with Crippen molar-refractivity contribution in [3.05, 3.63) is 84.1 Å². The number of hydrazine groups is 1. The van der Waals surface area contributed by atoms with Crippen LogP contribution < -0.4 is 15.6 Å². The molecule has 0 spiro atoms. The summed E-state index contributed by atoms with van der Waals surface area (Å²) in [5.74, 6) is -0.415. The van der Waals surface area contributed by atoms with E-state index in [4.69, 9.17) is 14.5 Å². The molecule has 0 aliphatic heterocycles. The maximum absolute atomic E-state index is 12.1. The van der Waals surface area contributed by atoms with Gasteiger partial charge in [-0.2, -0.15) is 5.26 Å². The summed E-state index contributed by atoms with van der Waals surface area (Å²) in [6.45, 7) is -0.261. The summed E-state index contributed by atoms with van der Waals surface area (Å²) in [6.07, 6.45) is -0.0328. The van der Waals surface area contributed by atoms with Crippen LogP contribution in [-0.4, -0.2) is 23.6 Å². The number of nitrogens with one attached hydrogen (secondary N) is 2. The first-order valence-corrected chi connectivity index (χ1v) is 9.77. The summed E-state index contributed by atoms with van der Waals surface area (Å²) in [6, 6.07) is 23.8. The molecule has 0 aliphatic rings. The van der Waals surface area contributed by atoms with E-state index in [1.807, 2.05) is 42.5 Å². The van der Waals surface area contributed by atoms with Crippen molar-refractivity contribution in [3.63, 3.8) is 0 Å². The van der Waals surface area contributed by atoms with E-state index in [0.29, 0.717) is 22.6 Å². The molecule has 0 unspecified atom stereocenters. The molecule has 0 fully saturated rings. The maximum Gasteiger partial charge on any atom is 0.276 e. The van der Waals surface area contributed by atoms with Gasteiger partial charge in [0.15, 0.2) is 12.2 Å². The van der Waals surface area contributed by atoms with E-state index >= 15 is 0 Å². The van der Waals surface area contributed by atoms with Gasteiger partial charge in [-0.15, -0.1) is 0 Å². The number of nitrogens with zero attached hydrogens (tertiary/aromatic N) is 2. The standard InChI is InChI=1S/C24H18N4O4/c25-14-16-5-7-17(8-6-16)18-9-11-19(12-10-18)31-15-24(30)27-26-23(29)13-21-20-3-1-2-4-22(20)32-28-21/h1-12H,13,15H2,(H,26,29)(H,27,30). The number of carbonyl (C=O) groups is 2. The van der Waals surface area contributed by atoms with E-state index in [9.17, 15) is 9.59 Å². The molecule has 4 rings (SSSR count). The molecule has 1 aromatic heterocycles. The summed E-state index contributed by atoms with van der Waals surface area (Å²) in [5, 5.41) is 13.5. The van der Waals surface area contributed by atoms with Crippen molar-refractivity contribution in [1.82, 2.24) is 16.0 Å². The summed E-state index contributed by atoms with van der Waals surface area (Å²) >= 11 is 0. The number of hydrogen-bond donors (Lipinski definition) is 2. The Hall–Kier alpha value is -4.64. The molecule has 2 amide bonds. The lowest BCUT2D eigenvalue weighted by atomic mass is 10.0. The smallest absolute Gasteiger partial charge is 0.276 e. The second kappa shape index (κ2) is 9.45. The largest absolute Gasteiger partial charge is 0.484 e. The van der Waals surface area contributed by atoms with Gasteiger partial charge in [-0.1, -0.05) is 41.6 Å². The zero-order chi connectivity index (χ0) is 22.3. The molecule has 158 valence electrons. The fraction of sp³-hybridized carbons (Fsp3) is 0.0833. The van der Waals surface area contributed by atoms with Crippen molar-refractivity contribution < 1.29 is 18.8 Å². The van der Waals surface area contributed by atoms with E-state index in [1.54, 1.807) is 30.3 Å². The highest BCUT2D eigenvalue weighted by Crippen LogP contribution is 2.23. The van der Waals surface area contributed by atoms with Crippen LogP contribution in [0.25, 0.3) is 22.1 Å². The van der Waals surface area contributed by atoms with Gasteiger partial charge >= 0.3 is 0 Å². The van der Waals surface area contributed by atoms with Gasteiger partial charge in [-0.25, -0.2) is 0 Å². The Morgan fingerprint density at radius 2 is 1.56 bits per heavy atom. The Bertz CT molecular complexity index is 1290. The number of carbonyl (C=O) groups excluding carboxylic acids is 2. The average Bonchev–Trinajstić information content (AvgIpc) is 3.24. The minimum absolute atomic E-state index is 0.0328. The molecule has 3 aromatic carbocycles. The number of fused-ring (bicyclic) bond motifs is 1. The van der Waals surface area contributed by atoms with Gasteiger partial charge in [0.25, 0.3) is 5.91 Å². The molecule has 0 radical (unpaired) electrons. The van der Waals surface area contributed by atoms with Crippen molar-refractivity contribution in [2.45, 2.75) is 6.42 Å². The van der Waals surface area contributed by atoms with Gasteiger partial charge in [0.2, 0.25) is 5.91 Å². The van der Waals surface area contributed by atoms with E-state index in [-0.39, 0.29) is 13.0 Å². The normalized spacial score (nSPS) is 10.3. The Morgan fingerprint density at radius 3 is 2.28 bits per heavy atom. The first kappa shape index (κ1) is 20.6. The third-order valence-corrected chi connectivity index (χ3v) is 4.69. The number of amides is 2. The molecule has 0 saturated heterocycles. The third kappa shape index (κ3) is 4.91. The van der Waals surface area contributed by atoms with Crippen molar-refractivity contribution in [3.8, 4) is 22.9 Å². The Kier molecular flexibility index (Phi) is 6.09. The van der Waals surface area contributed by atoms with Gasteiger partial charge in [0, 0.05) is 5.39 Å². The highest BCUT2D eigenvalue weighted by atomic mass is 16.5. The monoisotopic (exact) mass is 426 g/mol. The van der Waals surface area contributed by atoms with Gasteiger partial charge in [-0.3, -0.25) is 20.4 Å². The third-order valence-electron chi connectivity index (χ3n) is 4.69. The van der Waals surface area contributed by atoms with Gasteiger partial charge in [-0.05, 0) is 47.5 Å². The molecule has 32 heavy (non-hydrogen) atoms. The Labute approximate surface area is 183 Å². The van der Waals surface area contributed by atoms with Crippen LogP contribution in [0, 0.1) is 11.3 Å². The number of rotatable bonds is 6. The molecule has 8 heteroatoms. The van der Waals surface area contributed by atoms with Crippen LogP contribution in [0.2, 0.25) is 0 Å². The quantitative estimate of drug-likeness (QED) is 0.458. The van der Waals surface area contributed by atoms with Crippen LogP contribution in [0.4, 0.5) is 0 Å². The molecule has 2 N–H and O–H groups in total. The summed E-state index contributed by atoms with van der Waals surface area (Å²) in [7, 11) is 0. The SMILES string of the molecule is N#Cc1ccc(-c2ccc(OCC(=O)NNC(=O)Cc3noc4ccccc34)cc2)cc1. The lowest BCUT2D eigenvalue weighted by Crippen LogP contribution is -2.44. The minimum Gasteiger partial charge on any atom is -0.484 e. The lowest BCUT2D eigenvalue weighted by molar-refractivity contribution is -0.129. The number of hydrogen-bond acceptors (Lipinski definition) is 6. The first-order chi connectivity index (χ1) is 15.6. The number of ether oxygens (including phenoxy) is 1. The number of para-hydroxylation sites is 1. The minimum atomic E-state index is -0.500. The predicted molar refractivity (Wildman–Crippen MR) is 116 cm³/mol. The number of aromatic nitrogens is 1. The molecular formula is C24H18N4O4. The summed E-state index contributed by atoms with van der Waals surface area (Å²) < 4.78 is 10.6. The second-order valence-corrected chi connectivity index (χ2v) is 6.90. The lowest BCUT2D eigenvalue weighted by Gasteiger charge is -2.09. The molecule has 0 saturated carbocycles. The van der Waals surface area contributed by atoms with Crippen molar-refractivity contribution in [2.75, 3.05) is 6.61 Å². The number of nitriles is 1. The van der Waals surface area contributed by atoms with E-state index in [0.717, 1.165) is 16.5 Å². The van der Waals surface area contributed by atoms with Gasteiger partial charge in [0.05, 0.1) is 18.1 Å². The van der Waals surface area contributed by atoms with E-state index in [2.05, 4.69) is 22.1 Å². The molecule has 1 heterocycles. The fourth-order valence-electron chi connectivity index (χ4n) is 3.07. The zero-order valence-electron chi connectivity index (χ0n) is 16.9.